The van der Waals surface area contributed by atoms with Gasteiger partial charge in [0.15, 0.2) is 0 Å². The van der Waals surface area contributed by atoms with Gasteiger partial charge in [-0.15, -0.1) is 0 Å². The summed E-state index contributed by atoms with van der Waals surface area (Å²) in [6.07, 6.45) is 5.50. The van der Waals surface area contributed by atoms with E-state index in [2.05, 4.69) is 34.3 Å². The average Bonchev–Trinajstić information content (AvgIpc) is 2.82. The van der Waals surface area contributed by atoms with Crippen molar-refractivity contribution in [3.8, 4) is 22.4 Å². The molecular formula is C28H23FN4. The Balaban J connectivity index is 1.38. The molecule has 4 nitrogen and oxygen atoms in total. The molecule has 0 aliphatic heterocycles. The number of hydrogen-bond donors (Lipinski definition) is 1. The highest BCUT2D eigenvalue weighted by Gasteiger charge is 2.08. The van der Waals surface area contributed by atoms with Gasteiger partial charge in [0.2, 0.25) is 0 Å². The van der Waals surface area contributed by atoms with Gasteiger partial charge in [-0.1, -0.05) is 30.3 Å². The lowest BCUT2D eigenvalue weighted by Crippen LogP contribution is -2.03. The first kappa shape index (κ1) is 20.8. The van der Waals surface area contributed by atoms with Gasteiger partial charge in [-0.3, -0.25) is 9.97 Å². The maximum atomic E-state index is 13.6. The molecule has 2 aromatic carbocycles. The number of anilines is 1. The molecule has 0 spiro atoms. The van der Waals surface area contributed by atoms with Crippen LogP contribution < -0.4 is 5.32 Å². The van der Waals surface area contributed by atoms with Gasteiger partial charge in [0.25, 0.3) is 0 Å². The number of rotatable bonds is 5. The van der Waals surface area contributed by atoms with Crippen LogP contribution in [0.5, 0.6) is 0 Å². The molecule has 0 saturated carbocycles. The van der Waals surface area contributed by atoms with Crippen LogP contribution in [0.4, 0.5) is 10.2 Å². The first-order chi connectivity index (χ1) is 16.1. The molecule has 0 unspecified atom stereocenters. The molecule has 0 radical (unpaired) electrons. The van der Waals surface area contributed by atoms with Crippen LogP contribution in [0.25, 0.3) is 33.2 Å². The number of aryl methyl sites for hydroxylation is 2. The van der Waals surface area contributed by atoms with E-state index in [1.165, 1.54) is 6.07 Å². The normalized spacial score (nSPS) is 11.0. The minimum atomic E-state index is -0.237. The highest BCUT2D eigenvalue weighted by molar-refractivity contribution is 5.94. The summed E-state index contributed by atoms with van der Waals surface area (Å²) in [4.78, 5) is 13.5. The molecule has 33 heavy (non-hydrogen) atoms. The standard InChI is InChI=1S/C28H23FN4/c1-18-12-20(16-32-27(18)24-9-10-30-19(2)13-24)17-33-28-26-7-6-22(14-23(26)8-11-31-28)21-4-3-5-25(29)15-21/h3-16H,17H2,1-2H3,(H,31,33). The highest BCUT2D eigenvalue weighted by atomic mass is 19.1. The van der Waals surface area contributed by atoms with E-state index in [0.717, 1.165) is 55.8 Å². The van der Waals surface area contributed by atoms with Crippen molar-refractivity contribution in [1.29, 1.82) is 0 Å². The van der Waals surface area contributed by atoms with E-state index in [9.17, 15) is 4.39 Å². The molecule has 5 heteroatoms. The zero-order chi connectivity index (χ0) is 22.8. The second kappa shape index (κ2) is 8.79. The molecular weight excluding hydrogens is 411 g/mol. The fraction of sp³-hybridized carbons (Fsp3) is 0.107. The summed E-state index contributed by atoms with van der Waals surface area (Å²) in [5.74, 6) is 0.573. The van der Waals surface area contributed by atoms with Gasteiger partial charge in [0, 0.05) is 41.8 Å². The van der Waals surface area contributed by atoms with E-state index >= 15 is 0 Å². The summed E-state index contributed by atoms with van der Waals surface area (Å²) >= 11 is 0. The van der Waals surface area contributed by atoms with Crippen LogP contribution in [-0.2, 0) is 6.54 Å². The first-order valence-electron chi connectivity index (χ1n) is 10.8. The Hall–Kier alpha value is -4.12. The van der Waals surface area contributed by atoms with E-state index in [4.69, 9.17) is 4.98 Å². The van der Waals surface area contributed by atoms with Crippen LogP contribution >= 0.6 is 0 Å². The topological polar surface area (TPSA) is 50.7 Å². The molecule has 0 saturated heterocycles. The van der Waals surface area contributed by atoms with Crippen LogP contribution in [0.15, 0.2) is 85.3 Å². The van der Waals surface area contributed by atoms with Gasteiger partial charge in [-0.2, -0.15) is 0 Å². The minimum Gasteiger partial charge on any atom is -0.365 e. The van der Waals surface area contributed by atoms with Crippen LogP contribution in [0.3, 0.4) is 0 Å². The Kier molecular flexibility index (Phi) is 5.53. The second-order valence-electron chi connectivity index (χ2n) is 8.15. The fourth-order valence-electron chi connectivity index (χ4n) is 4.08. The van der Waals surface area contributed by atoms with Crippen molar-refractivity contribution in [1.82, 2.24) is 15.0 Å². The predicted octanol–water partition coefficient (Wildman–Crippen LogP) is 6.73. The molecule has 0 amide bonds. The quantitative estimate of drug-likeness (QED) is 0.333. The number of aromatic nitrogens is 3. The third-order valence-electron chi connectivity index (χ3n) is 5.69. The molecule has 3 aromatic heterocycles. The van der Waals surface area contributed by atoms with Crippen molar-refractivity contribution in [2.75, 3.05) is 5.32 Å². The van der Waals surface area contributed by atoms with Crippen molar-refractivity contribution < 1.29 is 4.39 Å². The lowest BCUT2D eigenvalue weighted by atomic mass is 10.0. The molecule has 5 rings (SSSR count). The molecule has 0 fully saturated rings. The molecule has 3 heterocycles. The van der Waals surface area contributed by atoms with E-state index < -0.39 is 0 Å². The SMILES string of the molecule is Cc1cc(-c2ncc(CNc3nccc4cc(-c5cccc(F)c5)ccc34)cc2C)ccn1. The lowest BCUT2D eigenvalue weighted by molar-refractivity contribution is 0.628. The van der Waals surface area contributed by atoms with Gasteiger partial charge >= 0.3 is 0 Å². The van der Waals surface area contributed by atoms with E-state index in [0.29, 0.717) is 6.54 Å². The molecule has 1 N–H and O–H groups in total. The number of hydrogen-bond acceptors (Lipinski definition) is 4. The monoisotopic (exact) mass is 434 g/mol. The number of pyridine rings is 3. The fourth-order valence-corrected chi connectivity index (χ4v) is 4.08. The van der Waals surface area contributed by atoms with Gasteiger partial charge in [0.05, 0.1) is 5.69 Å². The van der Waals surface area contributed by atoms with Crippen LogP contribution in [0.2, 0.25) is 0 Å². The maximum Gasteiger partial charge on any atom is 0.134 e. The molecule has 0 bridgehead atoms. The van der Waals surface area contributed by atoms with E-state index in [1.54, 1.807) is 18.3 Å². The van der Waals surface area contributed by atoms with Gasteiger partial charge < -0.3 is 5.32 Å². The summed E-state index contributed by atoms with van der Waals surface area (Å²) < 4.78 is 13.6. The third kappa shape index (κ3) is 4.44. The zero-order valence-corrected chi connectivity index (χ0v) is 18.5. The Labute approximate surface area is 192 Å². The molecule has 0 aliphatic carbocycles. The summed E-state index contributed by atoms with van der Waals surface area (Å²) in [7, 11) is 0. The van der Waals surface area contributed by atoms with Crippen LogP contribution in [0, 0.1) is 19.7 Å². The van der Waals surface area contributed by atoms with E-state index in [1.807, 2.05) is 55.7 Å². The van der Waals surface area contributed by atoms with Crippen LogP contribution in [0.1, 0.15) is 16.8 Å². The minimum absolute atomic E-state index is 0.237. The predicted molar refractivity (Wildman–Crippen MR) is 131 cm³/mol. The van der Waals surface area contributed by atoms with Crippen LogP contribution in [-0.4, -0.2) is 15.0 Å². The van der Waals surface area contributed by atoms with Gasteiger partial charge in [0.1, 0.15) is 11.6 Å². The van der Waals surface area contributed by atoms with Crippen molar-refractivity contribution >= 4 is 16.6 Å². The average molecular weight is 435 g/mol. The maximum absolute atomic E-state index is 13.6. The number of fused-ring (bicyclic) bond motifs is 1. The van der Waals surface area contributed by atoms with Gasteiger partial charge in [-0.25, -0.2) is 9.37 Å². The van der Waals surface area contributed by atoms with Crippen molar-refractivity contribution in [2.45, 2.75) is 20.4 Å². The third-order valence-corrected chi connectivity index (χ3v) is 5.69. The van der Waals surface area contributed by atoms with Crippen molar-refractivity contribution in [3.63, 3.8) is 0 Å². The first-order valence-corrected chi connectivity index (χ1v) is 10.8. The number of benzene rings is 2. The smallest absolute Gasteiger partial charge is 0.134 e. The van der Waals surface area contributed by atoms with Crippen molar-refractivity contribution in [3.05, 3.63) is 108 Å². The summed E-state index contributed by atoms with van der Waals surface area (Å²) in [6, 6.07) is 20.9. The number of nitrogens with one attached hydrogen (secondary N) is 1. The Morgan fingerprint density at radius 1 is 0.788 bits per heavy atom. The van der Waals surface area contributed by atoms with Gasteiger partial charge in [-0.05, 0) is 77.9 Å². The Bertz CT molecular complexity index is 1460. The molecule has 0 aliphatic rings. The second-order valence-corrected chi connectivity index (χ2v) is 8.15. The van der Waals surface area contributed by atoms with E-state index in [-0.39, 0.29) is 5.82 Å². The summed E-state index contributed by atoms with van der Waals surface area (Å²) in [6.45, 7) is 4.67. The Morgan fingerprint density at radius 3 is 2.45 bits per heavy atom. The molecule has 0 atom stereocenters. The molecule has 5 aromatic rings. The Morgan fingerprint density at radius 2 is 1.64 bits per heavy atom. The lowest BCUT2D eigenvalue weighted by Gasteiger charge is -2.12. The zero-order valence-electron chi connectivity index (χ0n) is 18.5. The highest BCUT2D eigenvalue weighted by Crippen LogP contribution is 2.28. The van der Waals surface area contributed by atoms with Crippen molar-refractivity contribution in [2.24, 2.45) is 0 Å². The largest absolute Gasteiger partial charge is 0.365 e. The number of nitrogens with zero attached hydrogens (tertiary/aromatic N) is 3. The number of halogens is 1. The summed E-state index contributed by atoms with van der Waals surface area (Å²) in [5.41, 5.74) is 7.04. The molecule has 162 valence electrons. The summed E-state index contributed by atoms with van der Waals surface area (Å²) in [5, 5.41) is 5.51.